The molecule has 1 nitrogen and oxygen atoms in total. The molecule has 0 aromatic carbocycles. The van der Waals surface area contributed by atoms with Crippen molar-refractivity contribution in [3.8, 4) is 0 Å². The first-order chi connectivity index (χ1) is 6.91. The predicted molar refractivity (Wildman–Crippen MR) is 66.3 cm³/mol. The van der Waals surface area contributed by atoms with Crippen molar-refractivity contribution in [2.75, 3.05) is 6.54 Å². The van der Waals surface area contributed by atoms with Gasteiger partial charge in [-0.25, -0.2) is 0 Å². The average molecular weight is 197 g/mol. The minimum absolute atomic E-state index is 1.03. The van der Waals surface area contributed by atoms with Gasteiger partial charge in [-0.05, 0) is 19.6 Å². The molecular formula is C13H27N. The van der Waals surface area contributed by atoms with Gasteiger partial charge in [0, 0.05) is 6.54 Å². The number of rotatable bonds is 10. The van der Waals surface area contributed by atoms with Crippen molar-refractivity contribution in [2.45, 2.75) is 71.6 Å². The molecule has 0 spiro atoms. The van der Waals surface area contributed by atoms with Gasteiger partial charge in [-0.2, -0.15) is 0 Å². The van der Waals surface area contributed by atoms with Crippen LogP contribution in [0.15, 0.2) is 4.99 Å². The molecule has 0 aromatic rings. The Bertz CT molecular complexity index is 118. The molecule has 0 unspecified atom stereocenters. The molecule has 0 aliphatic carbocycles. The van der Waals surface area contributed by atoms with Crippen LogP contribution in [0, 0.1) is 0 Å². The maximum Gasteiger partial charge on any atom is 0.0385 e. The Morgan fingerprint density at radius 1 is 0.786 bits per heavy atom. The van der Waals surface area contributed by atoms with Crippen molar-refractivity contribution in [1.82, 2.24) is 0 Å². The van der Waals surface area contributed by atoms with E-state index in [1.165, 1.54) is 57.8 Å². The molecule has 14 heavy (non-hydrogen) atoms. The summed E-state index contributed by atoms with van der Waals surface area (Å²) in [5.41, 5.74) is 0. The van der Waals surface area contributed by atoms with Crippen molar-refractivity contribution in [3.05, 3.63) is 0 Å². The van der Waals surface area contributed by atoms with Crippen LogP contribution >= 0.6 is 0 Å². The van der Waals surface area contributed by atoms with Gasteiger partial charge in [0.2, 0.25) is 0 Å². The molecule has 0 saturated heterocycles. The van der Waals surface area contributed by atoms with Crippen molar-refractivity contribution in [3.63, 3.8) is 0 Å². The van der Waals surface area contributed by atoms with Crippen LogP contribution in [0.4, 0.5) is 0 Å². The van der Waals surface area contributed by atoms with E-state index >= 15 is 0 Å². The molecule has 0 atom stereocenters. The molecule has 0 aliphatic heterocycles. The number of hydrogen-bond donors (Lipinski definition) is 0. The van der Waals surface area contributed by atoms with Gasteiger partial charge >= 0.3 is 0 Å². The summed E-state index contributed by atoms with van der Waals surface area (Å²) < 4.78 is 0. The Morgan fingerprint density at radius 3 is 1.79 bits per heavy atom. The van der Waals surface area contributed by atoms with E-state index in [0.717, 1.165) is 6.54 Å². The van der Waals surface area contributed by atoms with Crippen LogP contribution in [0.3, 0.4) is 0 Å². The van der Waals surface area contributed by atoms with Crippen LogP contribution in [0.2, 0.25) is 0 Å². The zero-order valence-corrected chi connectivity index (χ0v) is 10.1. The number of aliphatic imine (C=N–C) groups is 1. The lowest BCUT2D eigenvalue weighted by molar-refractivity contribution is 0.567. The first-order valence-corrected chi connectivity index (χ1v) is 6.36. The third-order valence-electron chi connectivity index (χ3n) is 2.57. The summed E-state index contributed by atoms with van der Waals surface area (Å²) in [6.07, 6.45) is 14.5. The van der Waals surface area contributed by atoms with Gasteiger partial charge in [-0.3, -0.25) is 4.99 Å². The second kappa shape index (κ2) is 12.7. The summed E-state index contributed by atoms with van der Waals surface area (Å²) in [6, 6.07) is 0. The zero-order chi connectivity index (χ0) is 10.5. The first kappa shape index (κ1) is 13.7. The van der Waals surface area contributed by atoms with E-state index in [9.17, 15) is 0 Å². The molecule has 0 heterocycles. The van der Waals surface area contributed by atoms with E-state index < -0.39 is 0 Å². The zero-order valence-electron chi connectivity index (χ0n) is 10.1. The highest BCUT2D eigenvalue weighted by Crippen LogP contribution is 2.09. The highest BCUT2D eigenvalue weighted by Gasteiger charge is 1.90. The molecule has 0 fully saturated rings. The average Bonchev–Trinajstić information content (AvgIpc) is 2.21. The van der Waals surface area contributed by atoms with Crippen molar-refractivity contribution in [1.29, 1.82) is 0 Å². The van der Waals surface area contributed by atoms with Crippen molar-refractivity contribution < 1.29 is 0 Å². The highest BCUT2D eigenvalue weighted by atomic mass is 14.7. The predicted octanol–water partition coefficient (Wildman–Crippen LogP) is 4.61. The molecule has 0 N–H and O–H groups in total. The molecule has 0 radical (unpaired) electrons. The van der Waals surface area contributed by atoms with Gasteiger partial charge in [0.15, 0.2) is 0 Å². The van der Waals surface area contributed by atoms with E-state index in [-0.39, 0.29) is 0 Å². The summed E-state index contributed by atoms with van der Waals surface area (Å²) in [5.74, 6) is 0. The lowest BCUT2D eigenvalue weighted by Gasteiger charge is -2.00. The van der Waals surface area contributed by atoms with E-state index in [0.29, 0.717) is 0 Å². The maximum absolute atomic E-state index is 4.21. The summed E-state index contributed by atoms with van der Waals surface area (Å²) in [4.78, 5) is 4.21. The van der Waals surface area contributed by atoms with E-state index in [2.05, 4.69) is 11.9 Å². The molecule has 0 aromatic heterocycles. The quantitative estimate of drug-likeness (QED) is 0.358. The van der Waals surface area contributed by atoms with Gasteiger partial charge in [-0.15, -0.1) is 0 Å². The minimum Gasteiger partial charge on any atom is -0.298 e. The fourth-order valence-electron chi connectivity index (χ4n) is 1.64. The summed E-state index contributed by atoms with van der Waals surface area (Å²) in [7, 11) is 0. The SMILES string of the molecule is C/C=N/CCCCCCCCCCC. The Morgan fingerprint density at radius 2 is 1.29 bits per heavy atom. The van der Waals surface area contributed by atoms with Crippen molar-refractivity contribution in [2.24, 2.45) is 4.99 Å². The lowest BCUT2D eigenvalue weighted by Crippen LogP contribution is -1.84. The van der Waals surface area contributed by atoms with Gasteiger partial charge in [0.25, 0.3) is 0 Å². The van der Waals surface area contributed by atoms with Crippen LogP contribution in [0.25, 0.3) is 0 Å². The first-order valence-electron chi connectivity index (χ1n) is 6.36. The van der Waals surface area contributed by atoms with Gasteiger partial charge < -0.3 is 0 Å². The topological polar surface area (TPSA) is 12.4 Å². The van der Waals surface area contributed by atoms with Gasteiger partial charge in [0.05, 0.1) is 0 Å². The molecule has 84 valence electrons. The Hall–Kier alpha value is -0.330. The summed E-state index contributed by atoms with van der Waals surface area (Å²) in [5, 5.41) is 0. The Balaban J connectivity index is 2.85. The molecule has 0 rings (SSSR count). The smallest absolute Gasteiger partial charge is 0.0385 e. The van der Waals surface area contributed by atoms with Crippen LogP contribution in [0.5, 0.6) is 0 Å². The lowest BCUT2D eigenvalue weighted by atomic mass is 10.1. The molecular weight excluding hydrogens is 170 g/mol. The monoisotopic (exact) mass is 197 g/mol. The summed E-state index contributed by atoms with van der Waals surface area (Å²) >= 11 is 0. The van der Waals surface area contributed by atoms with E-state index in [1.54, 1.807) is 0 Å². The van der Waals surface area contributed by atoms with E-state index in [1.807, 2.05) is 13.1 Å². The minimum atomic E-state index is 1.03. The van der Waals surface area contributed by atoms with Gasteiger partial charge in [-0.1, -0.05) is 58.3 Å². The van der Waals surface area contributed by atoms with Crippen LogP contribution < -0.4 is 0 Å². The Labute approximate surface area is 90.0 Å². The molecule has 0 amide bonds. The van der Waals surface area contributed by atoms with Crippen LogP contribution in [-0.2, 0) is 0 Å². The molecule has 1 heteroatoms. The normalized spacial score (nSPS) is 11.3. The highest BCUT2D eigenvalue weighted by molar-refractivity contribution is 5.53. The summed E-state index contributed by atoms with van der Waals surface area (Å²) in [6.45, 7) is 5.30. The molecule has 0 aliphatic rings. The van der Waals surface area contributed by atoms with Crippen LogP contribution in [0.1, 0.15) is 71.6 Å². The van der Waals surface area contributed by atoms with E-state index in [4.69, 9.17) is 0 Å². The van der Waals surface area contributed by atoms with Crippen LogP contribution in [-0.4, -0.2) is 12.8 Å². The number of hydrogen-bond acceptors (Lipinski definition) is 1. The third kappa shape index (κ3) is 11.7. The fraction of sp³-hybridized carbons (Fsp3) is 0.923. The standard InChI is InChI=1S/C13H27N/c1-3-5-6-7-8-9-10-11-12-13-14-4-2/h4H,3,5-13H2,1-2H3/b14-4+. The number of nitrogens with zero attached hydrogens (tertiary/aromatic N) is 1. The largest absolute Gasteiger partial charge is 0.298 e. The van der Waals surface area contributed by atoms with Gasteiger partial charge in [0.1, 0.15) is 0 Å². The molecule has 0 bridgehead atoms. The van der Waals surface area contributed by atoms with Crippen molar-refractivity contribution >= 4 is 6.21 Å². The second-order valence-corrected chi connectivity index (χ2v) is 3.99. The molecule has 0 saturated carbocycles. The maximum atomic E-state index is 4.21. The number of unbranched alkanes of at least 4 members (excludes halogenated alkanes) is 8. The Kier molecular flexibility index (Phi) is 12.4. The third-order valence-corrected chi connectivity index (χ3v) is 2.57. The fourth-order valence-corrected chi connectivity index (χ4v) is 1.64. The second-order valence-electron chi connectivity index (χ2n) is 3.99.